The highest BCUT2D eigenvalue weighted by Gasteiger charge is 2.49. The minimum absolute atomic E-state index is 0.0939. The van der Waals surface area contributed by atoms with Crippen LogP contribution in [0.2, 0.25) is 5.02 Å². The molecule has 7 nitrogen and oxygen atoms in total. The van der Waals surface area contributed by atoms with Crippen LogP contribution in [0.5, 0.6) is 0 Å². The minimum Gasteiger partial charge on any atom is -0.322 e. The molecule has 5 amide bonds. The highest BCUT2D eigenvalue weighted by molar-refractivity contribution is 6.45. The number of anilines is 1. The Morgan fingerprint density at radius 3 is 2.59 bits per heavy atom. The number of halogens is 2. The molecular weight excluding hydrogens is 377 g/mol. The number of hydrogen-bond donors (Lipinski definition) is 1. The second-order valence-electron chi connectivity index (χ2n) is 6.85. The molecule has 2 fully saturated rings. The van der Waals surface area contributed by atoms with Crippen molar-refractivity contribution in [3.8, 4) is 0 Å². The van der Waals surface area contributed by atoms with E-state index in [0.717, 1.165) is 30.2 Å². The van der Waals surface area contributed by atoms with Crippen LogP contribution in [0.3, 0.4) is 0 Å². The van der Waals surface area contributed by atoms with E-state index >= 15 is 0 Å². The first kappa shape index (κ1) is 19.3. The van der Waals surface area contributed by atoms with Crippen LogP contribution in [0, 0.1) is 11.7 Å². The first-order valence-electron chi connectivity index (χ1n) is 8.73. The molecule has 1 aromatic carbocycles. The summed E-state index contributed by atoms with van der Waals surface area (Å²) < 4.78 is 13.8. The average Bonchev–Trinajstić information content (AvgIpc) is 2.82. The van der Waals surface area contributed by atoms with Crippen molar-refractivity contribution in [3.63, 3.8) is 0 Å². The van der Waals surface area contributed by atoms with E-state index in [0.29, 0.717) is 11.3 Å². The molecule has 2 aliphatic rings. The molecule has 1 heterocycles. The fraction of sp³-hybridized carbons (Fsp3) is 0.444. The predicted octanol–water partition coefficient (Wildman–Crippen LogP) is 2.79. The summed E-state index contributed by atoms with van der Waals surface area (Å²) in [6.45, 7) is 1.27. The van der Waals surface area contributed by atoms with Gasteiger partial charge in [0.05, 0.1) is 5.69 Å². The van der Waals surface area contributed by atoms with Gasteiger partial charge in [0.25, 0.3) is 0 Å². The number of benzene rings is 1. The van der Waals surface area contributed by atoms with E-state index in [1.165, 1.54) is 12.1 Å². The van der Waals surface area contributed by atoms with Crippen LogP contribution in [-0.4, -0.2) is 46.1 Å². The Bertz CT molecular complexity index is 816. The van der Waals surface area contributed by atoms with Crippen molar-refractivity contribution in [2.24, 2.45) is 5.92 Å². The van der Waals surface area contributed by atoms with Crippen molar-refractivity contribution in [2.75, 3.05) is 11.9 Å². The monoisotopic (exact) mass is 395 g/mol. The van der Waals surface area contributed by atoms with Gasteiger partial charge in [0, 0.05) is 11.1 Å². The Hall–Kier alpha value is -2.48. The minimum atomic E-state index is -1.04. The van der Waals surface area contributed by atoms with Crippen LogP contribution in [-0.2, 0) is 14.4 Å². The van der Waals surface area contributed by atoms with E-state index in [9.17, 15) is 23.6 Å². The molecular formula is C18H19ClFN3O4. The van der Waals surface area contributed by atoms with E-state index in [-0.39, 0.29) is 22.7 Å². The zero-order valence-corrected chi connectivity index (χ0v) is 15.5. The lowest BCUT2D eigenvalue weighted by Gasteiger charge is -2.34. The third-order valence-corrected chi connectivity index (χ3v) is 5.22. The van der Waals surface area contributed by atoms with Gasteiger partial charge in [-0.2, -0.15) is 0 Å². The first-order chi connectivity index (χ1) is 12.8. The number of rotatable bonds is 4. The van der Waals surface area contributed by atoms with Gasteiger partial charge in [-0.25, -0.2) is 14.1 Å². The maximum absolute atomic E-state index is 13.8. The van der Waals surface area contributed by atoms with E-state index in [1.807, 2.05) is 6.92 Å². The molecule has 9 heteroatoms. The van der Waals surface area contributed by atoms with Crippen molar-refractivity contribution in [1.82, 2.24) is 9.80 Å². The fourth-order valence-corrected chi connectivity index (χ4v) is 3.72. The fourth-order valence-electron chi connectivity index (χ4n) is 3.56. The van der Waals surface area contributed by atoms with Crippen molar-refractivity contribution in [3.05, 3.63) is 29.0 Å². The molecule has 0 aromatic heterocycles. The summed E-state index contributed by atoms with van der Waals surface area (Å²) >= 11 is 5.65. The number of amides is 5. The summed E-state index contributed by atoms with van der Waals surface area (Å²) in [4.78, 5) is 50.9. The van der Waals surface area contributed by atoms with E-state index < -0.39 is 36.1 Å². The molecule has 1 aliphatic carbocycles. The summed E-state index contributed by atoms with van der Waals surface area (Å²) in [5, 5.41) is 2.44. The van der Waals surface area contributed by atoms with Crippen LogP contribution in [0.4, 0.5) is 14.9 Å². The van der Waals surface area contributed by atoms with Crippen LogP contribution in [0.25, 0.3) is 0 Å². The highest BCUT2D eigenvalue weighted by Crippen LogP contribution is 2.31. The molecule has 27 heavy (non-hydrogen) atoms. The second kappa shape index (κ2) is 7.64. The first-order valence-corrected chi connectivity index (χ1v) is 9.11. The van der Waals surface area contributed by atoms with Crippen LogP contribution >= 0.6 is 11.6 Å². The Balaban J connectivity index is 1.71. The quantitative estimate of drug-likeness (QED) is 0.627. The molecule has 0 unspecified atom stereocenters. The van der Waals surface area contributed by atoms with Gasteiger partial charge < -0.3 is 5.32 Å². The molecule has 0 bridgehead atoms. The van der Waals surface area contributed by atoms with Gasteiger partial charge >= 0.3 is 17.8 Å². The number of nitrogens with zero attached hydrogens (tertiary/aromatic N) is 2. The van der Waals surface area contributed by atoms with Gasteiger partial charge in [-0.15, -0.1) is 0 Å². The average molecular weight is 396 g/mol. The van der Waals surface area contributed by atoms with Gasteiger partial charge in [-0.05, 0) is 37.0 Å². The van der Waals surface area contributed by atoms with Gasteiger partial charge in [0.1, 0.15) is 12.4 Å². The molecule has 0 radical (unpaired) electrons. The number of nitrogens with one attached hydrogen (secondary N) is 1. The molecule has 1 aromatic rings. The molecule has 3 rings (SSSR count). The van der Waals surface area contributed by atoms with E-state index in [4.69, 9.17) is 11.6 Å². The number of carbonyl (C=O) groups is 4. The van der Waals surface area contributed by atoms with Crippen molar-refractivity contribution in [1.29, 1.82) is 0 Å². The molecule has 1 N–H and O–H groups in total. The number of carbonyl (C=O) groups excluding carboxylic acids is 4. The van der Waals surface area contributed by atoms with Gasteiger partial charge in [0.2, 0.25) is 5.91 Å². The Kier molecular flexibility index (Phi) is 5.46. The topological polar surface area (TPSA) is 86.8 Å². The Labute approximate surface area is 160 Å². The van der Waals surface area contributed by atoms with Gasteiger partial charge in [-0.1, -0.05) is 31.4 Å². The maximum atomic E-state index is 13.8. The zero-order valence-electron chi connectivity index (χ0n) is 14.7. The number of hydrogen-bond acceptors (Lipinski definition) is 4. The molecule has 1 saturated carbocycles. The van der Waals surface area contributed by atoms with Gasteiger partial charge in [0.15, 0.2) is 0 Å². The van der Waals surface area contributed by atoms with Crippen LogP contribution < -0.4 is 5.32 Å². The lowest BCUT2D eigenvalue weighted by molar-refractivity contribution is -0.145. The smallest absolute Gasteiger partial charge is 0.322 e. The van der Waals surface area contributed by atoms with E-state index in [1.54, 1.807) is 0 Å². The Morgan fingerprint density at radius 2 is 1.93 bits per heavy atom. The largest absolute Gasteiger partial charge is 0.334 e. The summed E-state index contributed by atoms with van der Waals surface area (Å²) in [5.74, 6) is -3.39. The third kappa shape index (κ3) is 3.80. The summed E-state index contributed by atoms with van der Waals surface area (Å²) in [5.41, 5.74) is -0.132. The summed E-state index contributed by atoms with van der Waals surface area (Å²) in [6, 6.07) is 2.55. The molecule has 144 valence electrons. The zero-order chi connectivity index (χ0) is 19.7. The lowest BCUT2D eigenvalue weighted by atomic mass is 9.85. The molecule has 1 saturated heterocycles. The standard InChI is InChI=1S/C18H19ClFN3O4/c1-10-4-2-3-5-14(10)23-17(26)16(25)22(18(23)27)9-15(24)21-13-7-6-11(19)8-12(13)20/h6-8,10,14H,2-5,9H2,1H3,(H,21,24)/t10-,14-/m0/s1. The SMILES string of the molecule is C[C@H]1CCCC[C@@H]1N1C(=O)C(=O)N(CC(=O)Nc2ccc(Cl)cc2F)C1=O. The normalized spacial score (nSPS) is 23.1. The summed E-state index contributed by atoms with van der Waals surface area (Å²) in [6.07, 6.45) is 3.39. The van der Waals surface area contributed by atoms with Crippen LogP contribution in [0.1, 0.15) is 32.6 Å². The second-order valence-corrected chi connectivity index (χ2v) is 7.29. The summed E-state index contributed by atoms with van der Waals surface area (Å²) in [7, 11) is 0. The van der Waals surface area contributed by atoms with Crippen molar-refractivity contribution >= 4 is 41.0 Å². The molecule has 1 aliphatic heterocycles. The number of urea groups is 1. The molecule has 0 spiro atoms. The van der Waals surface area contributed by atoms with Crippen LogP contribution in [0.15, 0.2) is 18.2 Å². The highest BCUT2D eigenvalue weighted by atomic mass is 35.5. The third-order valence-electron chi connectivity index (χ3n) is 4.99. The predicted molar refractivity (Wildman–Crippen MR) is 95.4 cm³/mol. The van der Waals surface area contributed by atoms with Crippen molar-refractivity contribution in [2.45, 2.75) is 38.6 Å². The number of imide groups is 2. The molecule has 2 atom stereocenters. The maximum Gasteiger partial charge on any atom is 0.334 e. The Morgan fingerprint density at radius 1 is 1.22 bits per heavy atom. The lowest BCUT2D eigenvalue weighted by Crippen LogP contribution is -2.46. The van der Waals surface area contributed by atoms with E-state index in [2.05, 4.69) is 5.32 Å². The van der Waals surface area contributed by atoms with Crippen molar-refractivity contribution < 1.29 is 23.6 Å². The van der Waals surface area contributed by atoms with Gasteiger partial charge in [-0.3, -0.25) is 19.3 Å².